The number of unbranched alkanes of at least 4 members (excludes halogenated alkanes) is 8. The summed E-state index contributed by atoms with van der Waals surface area (Å²) in [6, 6.07) is 29.5. The molecule has 0 bridgehead atoms. The molecule has 5 heteroatoms. The van der Waals surface area contributed by atoms with Crippen molar-refractivity contribution in [3.8, 4) is 11.5 Å². The van der Waals surface area contributed by atoms with E-state index in [0.717, 1.165) is 46.7 Å². The molecule has 0 spiro atoms. The maximum atomic E-state index is 14.2. The van der Waals surface area contributed by atoms with Crippen molar-refractivity contribution in [2.24, 2.45) is 0 Å². The van der Waals surface area contributed by atoms with Crippen LogP contribution in [0.25, 0.3) is 0 Å². The molecule has 5 rings (SSSR count). The minimum absolute atomic E-state index is 0.00344. The summed E-state index contributed by atoms with van der Waals surface area (Å²) in [6.07, 6.45) is 12.2. The molecule has 0 radical (unpaired) electrons. The normalized spacial score (nSPS) is 14.2. The van der Waals surface area contributed by atoms with E-state index in [4.69, 9.17) is 9.47 Å². The Morgan fingerprint density at radius 3 is 2.13 bits per heavy atom. The molecule has 0 N–H and O–H groups in total. The molecule has 4 nitrogen and oxygen atoms in total. The van der Waals surface area contributed by atoms with Gasteiger partial charge in [0.1, 0.15) is 30.0 Å². The predicted molar refractivity (Wildman–Crippen MR) is 181 cm³/mol. The monoisotopic (exact) mass is 607 g/mol. The second-order valence-corrected chi connectivity index (χ2v) is 12.0. The van der Waals surface area contributed by atoms with Crippen LogP contribution in [0.5, 0.6) is 11.5 Å². The van der Waals surface area contributed by atoms with Crippen LogP contribution < -0.4 is 14.4 Å². The molecule has 1 aliphatic rings. The number of nitrogens with zero attached hydrogens (tertiary/aromatic N) is 1. The third-order valence-electron chi connectivity index (χ3n) is 8.65. The van der Waals surface area contributed by atoms with Crippen LogP contribution in [0, 0.1) is 5.82 Å². The number of carbonyl (C=O) groups is 1. The van der Waals surface area contributed by atoms with Crippen LogP contribution in [0.4, 0.5) is 10.1 Å². The fraction of sp³-hybridized carbons (Fsp3) is 0.375. The lowest BCUT2D eigenvalue weighted by Gasteiger charge is -2.38. The zero-order chi connectivity index (χ0) is 31.3. The van der Waals surface area contributed by atoms with Gasteiger partial charge < -0.3 is 14.4 Å². The maximum Gasteiger partial charge on any atom is 0.189 e. The van der Waals surface area contributed by atoms with Gasteiger partial charge in [0.25, 0.3) is 0 Å². The van der Waals surface area contributed by atoms with E-state index in [1.165, 1.54) is 63.5 Å². The number of ketones is 1. The predicted octanol–water partition coefficient (Wildman–Crippen LogP) is 10.3. The largest absolute Gasteiger partial charge is 0.494 e. The highest BCUT2D eigenvalue weighted by Gasteiger charge is 2.34. The number of Topliss-reactive ketones (excluding diaryl/α,β-unsaturated/α-hetero) is 1. The number of ether oxygens (including phenoxy) is 2. The smallest absolute Gasteiger partial charge is 0.189 e. The molecule has 0 saturated carbocycles. The summed E-state index contributed by atoms with van der Waals surface area (Å²) in [5, 5.41) is 0. The molecule has 1 heterocycles. The van der Waals surface area contributed by atoms with Crippen molar-refractivity contribution in [2.75, 3.05) is 18.1 Å². The van der Waals surface area contributed by atoms with Crippen LogP contribution >= 0.6 is 0 Å². The lowest BCUT2D eigenvalue weighted by atomic mass is 9.87. The van der Waals surface area contributed by atoms with Gasteiger partial charge in [0, 0.05) is 17.8 Å². The number of rotatable bonds is 17. The fourth-order valence-corrected chi connectivity index (χ4v) is 6.10. The molecule has 0 aliphatic carbocycles. The first-order chi connectivity index (χ1) is 22.1. The molecule has 4 aromatic rings. The Kier molecular flexibility index (Phi) is 12.1. The fourth-order valence-electron chi connectivity index (χ4n) is 6.10. The molecule has 1 aliphatic heterocycles. The first-order valence-electron chi connectivity index (χ1n) is 16.7. The zero-order valence-electron chi connectivity index (χ0n) is 26.6. The summed E-state index contributed by atoms with van der Waals surface area (Å²) in [5.74, 6) is 1.28. The zero-order valence-corrected chi connectivity index (χ0v) is 26.6. The van der Waals surface area contributed by atoms with Crippen LogP contribution in [0.2, 0.25) is 0 Å². The number of benzene rings is 4. The van der Waals surface area contributed by atoms with Gasteiger partial charge in [0.2, 0.25) is 0 Å². The van der Waals surface area contributed by atoms with E-state index in [-0.39, 0.29) is 11.6 Å². The van der Waals surface area contributed by atoms with Gasteiger partial charge in [0.05, 0.1) is 6.61 Å². The summed E-state index contributed by atoms with van der Waals surface area (Å²) in [5.41, 5.74) is 4.60. The first-order valence-corrected chi connectivity index (χ1v) is 16.7. The molecular weight excluding hydrogens is 561 g/mol. The number of hydrogen-bond donors (Lipinski definition) is 0. The van der Waals surface area contributed by atoms with Crippen molar-refractivity contribution in [1.29, 1.82) is 0 Å². The Hall–Kier alpha value is -4.12. The van der Waals surface area contributed by atoms with Crippen LogP contribution in [-0.4, -0.2) is 18.9 Å². The quantitative estimate of drug-likeness (QED) is 0.0884. The molecule has 1 unspecified atom stereocenters. The van der Waals surface area contributed by atoms with E-state index in [0.29, 0.717) is 25.3 Å². The third kappa shape index (κ3) is 9.20. The highest BCUT2D eigenvalue weighted by molar-refractivity contribution is 6.03. The highest BCUT2D eigenvalue weighted by Crippen LogP contribution is 2.38. The van der Waals surface area contributed by atoms with Crippen molar-refractivity contribution >= 4 is 11.5 Å². The van der Waals surface area contributed by atoms with Crippen molar-refractivity contribution in [1.82, 2.24) is 0 Å². The van der Waals surface area contributed by atoms with Crippen molar-refractivity contribution < 1.29 is 18.7 Å². The van der Waals surface area contributed by atoms with Gasteiger partial charge in [-0.15, -0.1) is 0 Å². The second-order valence-electron chi connectivity index (χ2n) is 12.0. The number of carbonyl (C=O) groups excluding carboxylic acids is 1. The van der Waals surface area contributed by atoms with Gasteiger partial charge in [-0.05, 0) is 90.2 Å². The van der Waals surface area contributed by atoms with E-state index in [1.54, 1.807) is 12.1 Å². The summed E-state index contributed by atoms with van der Waals surface area (Å²) in [7, 11) is 0. The Labute approximate surface area is 268 Å². The minimum atomic E-state index is -0.531. The molecular formula is C40H46FNO3. The molecule has 0 fully saturated rings. The molecule has 0 aromatic heterocycles. The van der Waals surface area contributed by atoms with E-state index in [2.05, 4.69) is 17.9 Å². The van der Waals surface area contributed by atoms with Crippen LogP contribution in [0.3, 0.4) is 0 Å². The van der Waals surface area contributed by atoms with Gasteiger partial charge in [-0.1, -0.05) is 94.7 Å². The Morgan fingerprint density at radius 2 is 1.42 bits per heavy atom. The average Bonchev–Trinajstić information content (AvgIpc) is 3.08. The van der Waals surface area contributed by atoms with Gasteiger partial charge >= 0.3 is 0 Å². The average molecular weight is 608 g/mol. The molecule has 0 amide bonds. The lowest BCUT2D eigenvalue weighted by molar-refractivity contribution is 0.0954. The van der Waals surface area contributed by atoms with Gasteiger partial charge in [-0.3, -0.25) is 4.79 Å². The molecule has 1 atom stereocenters. The van der Waals surface area contributed by atoms with Gasteiger partial charge in [-0.25, -0.2) is 4.39 Å². The van der Waals surface area contributed by atoms with Crippen molar-refractivity contribution in [2.45, 2.75) is 83.8 Å². The SMILES string of the molecule is CCCCCCCCCCCOc1ccc(C(=O)C2c3ccc(OCc4ccccc4)cc3CCN2c2ccc(F)cc2)cc1. The lowest BCUT2D eigenvalue weighted by Crippen LogP contribution is -2.40. The standard InChI is InChI=1S/C40H46FNO3/c1-2-3-4-5-6-7-8-9-13-28-44-36-22-16-32(17-23-36)40(43)39-38-25-24-37(45-30-31-14-11-10-12-15-31)29-33(38)26-27-42(39)35-20-18-34(41)19-21-35/h10-12,14-25,29,39H,2-9,13,26-28,30H2,1H3. The van der Waals surface area contributed by atoms with Crippen LogP contribution in [0.1, 0.15) is 97.8 Å². The molecule has 236 valence electrons. The summed E-state index contributed by atoms with van der Waals surface area (Å²) in [6.45, 7) is 4.06. The van der Waals surface area contributed by atoms with Crippen molar-refractivity contribution in [3.63, 3.8) is 0 Å². The van der Waals surface area contributed by atoms with Crippen LogP contribution in [-0.2, 0) is 13.0 Å². The minimum Gasteiger partial charge on any atom is -0.494 e. The maximum absolute atomic E-state index is 14.2. The first kappa shape index (κ1) is 32.3. The van der Waals surface area contributed by atoms with E-state index < -0.39 is 6.04 Å². The Balaban J connectivity index is 1.23. The summed E-state index contributed by atoms with van der Waals surface area (Å²) >= 11 is 0. The van der Waals surface area contributed by atoms with Gasteiger partial charge in [-0.2, -0.15) is 0 Å². The third-order valence-corrected chi connectivity index (χ3v) is 8.65. The number of hydrogen-bond acceptors (Lipinski definition) is 4. The second kappa shape index (κ2) is 16.8. The summed E-state index contributed by atoms with van der Waals surface area (Å²) in [4.78, 5) is 16.3. The van der Waals surface area contributed by atoms with Crippen LogP contribution in [0.15, 0.2) is 97.1 Å². The number of fused-ring (bicyclic) bond motifs is 1. The summed E-state index contributed by atoms with van der Waals surface area (Å²) < 4.78 is 25.9. The Bertz CT molecular complexity index is 1470. The topological polar surface area (TPSA) is 38.8 Å². The van der Waals surface area contributed by atoms with E-state index in [1.807, 2.05) is 66.7 Å². The number of anilines is 1. The van der Waals surface area contributed by atoms with E-state index in [9.17, 15) is 9.18 Å². The molecule has 4 aromatic carbocycles. The number of halogens is 1. The van der Waals surface area contributed by atoms with Gasteiger partial charge in [0.15, 0.2) is 5.78 Å². The molecule has 45 heavy (non-hydrogen) atoms. The van der Waals surface area contributed by atoms with E-state index >= 15 is 0 Å². The molecule has 0 saturated heterocycles. The highest BCUT2D eigenvalue weighted by atomic mass is 19.1. The Morgan fingerprint density at radius 1 is 0.756 bits per heavy atom. The van der Waals surface area contributed by atoms with Crippen molar-refractivity contribution in [3.05, 3.63) is 125 Å².